The molecular formula is C11H20N2O5S. The summed E-state index contributed by atoms with van der Waals surface area (Å²) in [5.41, 5.74) is 4.91. The predicted octanol–water partition coefficient (Wildman–Crippen LogP) is -0.928. The van der Waals surface area contributed by atoms with Crippen LogP contribution in [0.5, 0.6) is 0 Å². The third kappa shape index (κ3) is 4.79. The van der Waals surface area contributed by atoms with Gasteiger partial charge in [-0.3, -0.25) is 14.5 Å². The van der Waals surface area contributed by atoms with Gasteiger partial charge in [0.25, 0.3) is 0 Å². The molecule has 1 fully saturated rings. The lowest BCUT2D eigenvalue weighted by atomic mass is 10.0. The Morgan fingerprint density at radius 3 is 2.47 bits per heavy atom. The molecule has 7 nitrogen and oxygen atoms in total. The first kappa shape index (κ1) is 15.9. The summed E-state index contributed by atoms with van der Waals surface area (Å²) < 4.78 is 23.3. The van der Waals surface area contributed by atoms with Crippen molar-refractivity contribution in [3.63, 3.8) is 0 Å². The number of rotatable bonds is 7. The van der Waals surface area contributed by atoms with E-state index in [-0.39, 0.29) is 24.0 Å². The number of hydrogen-bond donors (Lipinski definition) is 2. The molecule has 1 rings (SSSR count). The number of aliphatic carboxylic acids is 1. The Morgan fingerprint density at radius 2 is 2.00 bits per heavy atom. The molecular weight excluding hydrogens is 272 g/mol. The average molecular weight is 292 g/mol. The quantitative estimate of drug-likeness (QED) is 0.626. The Balaban J connectivity index is 2.45. The highest BCUT2D eigenvalue weighted by Crippen LogP contribution is 2.23. The summed E-state index contributed by atoms with van der Waals surface area (Å²) in [6.45, 7) is 2.68. The van der Waals surface area contributed by atoms with Gasteiger partial charge >= 0.3 is 5.97 Å². The number of carboxylic acid groups (broad SMARTS) is 1. The number of nitrogens with two attached hydrogens (primary N) is 1. The van der Waals surface area contributed by atoms with Crippen molar-refractivity contribution in [1.82, 2.24) is 4.90 Å². The Morgan fingerprint density at radius 1 is 1.37 bits per heavy atom. The standard InChI is InChI=1S/C11H20N2O5S/c1-8-9(11(15)16)2-4-13(8)5-7-19(17,18)6-3-10(12)14/h8-9H,2-7H2,1H3,(H2,12,14)(H,15,16). The molecule has 0 saturated carbocycles. The van der Waals surface area contributed by atoms with Crippen molar-refractivity contribution in [2.75, 3.05) is 24.6 Å². The lowest BCUT2D eigenvalue weighted by molar-refractivity contribution is -0.142. The summed E-state index contributed by atoms with van der Waals surface area (Å²) in [5.74, 6) is -2.23. The molecule has 1 aliphatic rings. The summed E-state index contributed by atoms with van der Waals surface area (Å²) in [7, 11) is -3.32. The van der Waals surface area contributed by atoms with E-state index in [4.69, 9.17) is 10.8 Å². The zero-order valence-electron chi connectivity index (χ0n) is 10.9. The molecule has 0 spiro atoms. The molecule has 1 saturated heterocycles. The predicted molar refractivity (Wildman–Crippen MR) is 69.2 cm³/mol. The summed E-state index contributed by atoms with van der Waals surface area (Å²) in [4.78, 5) is 23.4. The molecule has 1 aliphatic heterocycles. The van der Waals surface area contributed by atoms with Gasteiger partial charge in [-0.2, -0.15) is 0 Å². The van der Waals surface area contributed by atoms with E-state index in [1.165, 1.54) is 0 Å². The van der Waals surface area contributed by atoms with Gasteiger partial charge in [-0.05, 0) is 19.9 Å². The highest BCUT2D eigenvalue weighted by atomic mass is 32.2. The molecule has 0 radical (unpaired) electrons. The molecule has 19 heavy (non-hydrogen) atoms. The van der Waals surface area contributed by atoms with Crippen molar-refractivity contribution in [3.8, 4) is 0 Å². The third-order valence-corrected chi connectivity index (χ3v) is 5.18. The van der Waals surface area contributed by atoms with Gasteiger partial charge in [0.2, 0.25) is 5.91 Å². The van der Waals surface area contributed by atoms with Crippen LogP contribution in [0.1, 0.15) is 19.8 Å². The molecule has 2 unspecified atom stereocenters. The Hall–Kier alpha value is -1.15. The van der Waals surface area contributed by atoms with Crippen LogP contribution in [-0.2, 0) is 19.4 Å². The first-order chi connectivity index (χ1) is 8.73. The van der Waals surface area contributed by atoms with Gasteiger partial charge in [-0.1, -0.05) is 0 Å². The fraction of sp³-hybridized carbons (Fsp3) is 0.818. The van der Waals surface area contributed by atoms with Crippen LogP contribution in [0, 0.1) is 5.92 Å². The first-order valence-corrected chi connectivity index (χ1v) is 8.00. The van der Waals surface area contributed by atoms with Crippen molar-refractivity contribution in [2.24, 2.45) is 11.7 Å². The maximum atomic E-state index is 11.7. The summed E-state index contributed by atoms with van der Waals surface area (Å²) >= 11 is 0. The van der Waals surface area contributed by atoms with E-state index >= 15 is 0 Å². The van der Waals surface area contributed by atoms with E-state index in [0.717, 1.165) is 0 Å². The fourth-order valence-electron chi connectivity index (χ4n) is 2.26. The lowest BCUT2D eigenvalue weighted by Gasteiger charge is -2.22. The Kier molecular flexibility index (Phi) is 5.30. The maximum absolute atomic E-state index is 11.7. The second-order valence-electron chi connectivity index (χ2n) is 4.88. The van der Waals surface area contributed by atoms with Crippen molar-refractivity contribution in [1.29, 1.82) is 0 Å². The second kappa shape index (κ2) is 6.33. The van der Waals surface area contributed by atoms with Gasteiger partial charge in [-0.25, -0.2) is 8.42 Å². The van der Waals surface area contributed by atoms with Crippen molar-refractivity contribution in [2.45, 2.75) is 25.8 Å². The minimum atomic E-state index is -3.32. The van der Waals surface area contributed by atoms with E-state index in [9.17, 15) is 18.0 Å². The van der Waals surface area contributed by atoms with E-state index < -0.39 is 27.6 Å². The largest absolute Gasteiger partial charge is 0.481 e. The number of amides is 1. The molecule has 1 heterocycles. The van der Waals surface area contributed by atoms with Crippen LogP contribution in [-0.4, -0.2) is 60.9 Å². The van der Waals surface area contributed by atoms with E-state index in [0.29, 0.717) is 19.5 Å². The van der Waals surface area contributed by atoms with Gasteiger partial charge in [0, 0.05) is 19.0 Å². The molecule has 0 aromatic heterocycles. The van der Waals surface area contributed by atoms with Crippen LogP contribution in [0.4, 0.5) is 0 Å². The van der Waals surface area contributed by atoms with Crippen molar-refractivity contribution in [3.05, 3.63) is 0 Å². The van der Waals surface area contributed by atoms with Crippen LogP contribution < -0.4 is 5.73 Å². The van der Waals surface area contributed by atoms with Crippen molar-refractivity contribution < 1.29 is 23.1 Å². The molecule has 0 aromatic carbocycles. The Bertz CT molecular complexity index is 448. The molecule has 0 aromatic rings. The van der Waals surface area contributed by atoms with Gasteiger partial charge < -0.3 is 10.8 Å². The smallest absolute Gasteiger partial charge is 0.308 e. The van der Waals surface area contributed by atoms with Gasteiger partial charge in [-0.15, -0.1) is 0 Å². The highest BCUT2D eigenvalue weighted by Gasteiger charge is 2.35. The average Bonchev–Trinajstić information content (AvgIpc) is 2.66. The molecule has 2 atom stereocenters. The van der Waals surface area contributed by atoms with Crippen LogP contribution in [0.15, 0.2) is 0 Å². The second-order valence-corrected chi connectivity index (χ2v) is 7.18. The molecule has 0 bridgehead atoms. The number of carbonyl (C=O) groups is 2. The number of hydrogen-bond acceptors (Lipinski definition) is 5. The Labute approximate surface area is 112 Å². The van der Waals surface area contributed by atoms with Gasteiger partial charge in [0.1, 0.15) is 0 Å². The molecule has 8 heteroatoms. The number of likely N-dealkylation sites (tertiary alicyclic amines) is 1. The van der Waals surface area contributed by atoms with Crippen LogP contribution in [0.2, 0.25) is 0 Å². The fourth-order valence-corrected chi connectivity index (χ4v) is 3.49. The van der Waals surface area contributed by atoms with Crippen LogP contribution >= 0.6 is 0 Å². The van der Waals surface area contributed by atoms with Crippen molar-refractivity contribution >= 4 is 21.7 Å². The SMILES string of the molecule is CC1C(C(=O)O)CCN1CCS(=O)(=O)CCC(N)=O. The van der Waals surface area contributed by atoms with E-state index in [2.05, 4.69) is 0 Å². The van der Waals surface area contributed by atoms with Gasteiger partial charge in [0.15, 0.2) is 9.84 Å². The topological polar surface area (TPSA) is 118 Å². The van der Waals surface area contributed by atoms with Crippen LogP contribution in [0.3, 0.4) is 0 Å². The zero-order valence-corrected chi connectivity index (χ0v) is 11.7. The molecule has 110 valence electrons. The van der Waals surface area contributed by atoms with E-state index in [1.54, 1.807) is 6.92 Å². The van der Waals surface area contributed by atoms with E-state index in [1.807, 2.05) is 4.90 Å². The summed E-state index contributed by atoms with van der Waals surface area (Å²) in [6.07, 6.45) is 0.369. The third-order valence-electron chi connectivity index (χ3n) is 3.55. The molecule has 0 aliphatic carbocycles. The minimum Gasteiger partial charge on any atom is -0.481 e. The minimum absolute atomic E-state index is 0.0725. The molecule has 1 amide bonds. The highest BCUT2D eigenvalue weighted by molar-refractivity contribution is 7.91. The number of primary amides is 1. The number of nitrogens with zero attached hydrogens (tertiary/aromatic N) is 1. The number of carboxylic acids is 1. The lowest BCUT2D eigenvalue weighted by Crippen LogP contribution is -2.36. The molecule has 3 N–H and O–H groups in total. The number of sulfone groups is 1. The maximum Gasteiger partial charge on any atom is 0.308 e. The van der Waals surface area contributed by atoms with Gasteiger partial charge in [0.05, 0.1) is 17.4 Å². The monoisotopic (exact) mass is 292 g/mol. The summed E-state index contributed by atoms with van der Waals surface area (Å²) in [5, 5.41) is 8.98. The first-order valence-electron chi connectivity index (χ1n) is 6.18. The van der Waals surface area contributed by atoms with Crippen LogP contribution in [0.25, 0.3) is 0 Å². The normalized spacial score (nSPS) is 24.5. The number of carbonyl (C=O) groups excluding carboxylic acids is 1. The summed E-state index contributed by atoms with van der Waals surface area (Å²) in [6, 6.07) is -0.163. The zero-order chi connectivity index (χ0) is 14.6.